The third-order valence-electron chi connectivity index (χ3n) is 3.18. The van der Waals surface area contributed by atoms with Gasteiger partial charge in [-0.25, -0.2) is 0 Å². The molecule has 114 valence electrons. The van der Waals surface area contributed by atoms with Crippen molar-refractivity contribution in [1.82, 2.24) is 20.6 Å². The number of rotatable bonds is 5. The highest BCUT2D eigenvalue weighted by atomic mass is 32.1. The largest absolute Gasteiger partial charge is 0.379 e. The molecule has 0 amide bonds. The van der Waals surface area contributed by atoms with E-state index in [2.05, 4.69) is 25.7 Å². The highest BCUT2D eigenvalue weighted by molar-refractivity contribution is 7.80. The molecule has 0 aliphatic carbocycles. The van der Waals surface area contributed by atoms with Crippen molar-refractivity contribution in [3.63, 3.8) is 0 Å². The highest BCUT2D eigenvalue weighted by Crippen LogP contribution is 1.96. The molecule has 7 heteroatoms. The summed E-state index contributed by atoms with van der Waals surface area (Å²) in [6.07, 6.45) is 1.74. The fourth-order valence-corrected chi connectivity index (χ4v) is 2.11. The van der Waals surface area contributed by atoms with Gasteiger partial charge in [-0.3, -0.25) is 15.3 Å². The van der Waals surface area contributed by atoms with E-state index in [0.29, 0.717) is 5.11 Å². The van der Waals surface area contributed by atoms with Gasteiger partial charge in [0.15, 0.2) is 5.11 Å². The van der Waals surface area contributed by atoms with E-state index >= 15 is 0 Å². The predicted octanol–water partition coefficient (Wildman–Crippen LogP) is 0.602. The molecular weight excluding hydrogens is 286 g/mol. The van der Waals surface area contributed by atoms with Gasteiger partial charge in [0.2, 0.25) is 0 Å². The van der Waals surface area contributed by atoms with E-state index in [1.807, 2.05) is 25.1 Å². The second-order valence-electron chi connectivity index (χ2n) is 4.73. The first-order valence-electron chi connectivity index (χ1n) is 7.05. The van der Waals surface area contributed by atoms with Crippen LogP contribution in [0.2, 0.25) is 0 Å². The molecule has 0 aromatic carbocycles. The molecule has 21 heavy (non-hydrogen) atoms. The molecule has 1 aliphatic rings. The van der Waals surface area contributed by atoms with Gasteiger partial charge in [0.1, 0.15) is 0 Å². The molecule has 2 N–H and O–H groups in total. The van der Waals surface area contributed by atoms with E-state index in [9.17, 15) is 0 Å². The summed E-state index contributed by atoms with van der Waals surface area (Å²) in [6.45, 7) is 7.24. The molecule has 1 fully saturated rings. The summed E-state index contributed by atoms with van der Waals surface area (Å²) in [4.78, 5) is 6.58. The molecule has 1 aliphatic heterocycles. The van der Waals surface area contributed by atoms with Gasteiger partial charge in [-0.05, 0) is 31.3 Å². The first kappa shape index (κ1) is 15.8. The van der Waals surface area contributed by atoms with Crippen LogP contribution >= 0.6 is 12.2 Å². The summed E-state index contributed by atoms with van der Waals surface area (Å²) in [5, 5.41) is 7.90. The van der Waals surface area contributed by atoms with Crippen molar-refractivity contribution in [2.45, 2.75) is 6.92 Å². The van der Waals surface area contributed by atoms with Crippen LogP contribution in [-0.2, 0) is 4.74 Å². The zero-order chi connectivity index (χ0) is 14.9. The standard InChI is InChI=1S/C14H21N5OS/c1-12(13-4-2-3-5-15-13)17-18-14(21)16-6-7-19-8-10-20-11-9-19/h2-5H,6-11H2,1H3,(H2,16,18,21)/b17-12+. The number of aromatic nitrogens is 1. The lowest BCUT2D eigenvalue weighted by atomic mass is 10.3. The van der Waals surface area contributed by atoms with Gasteiger partial charge in [0.05, 0.1) is 24.6 Å². The summed E-state index contributed by atoms with van der Waals surface area (Å²) in [5.41, 5.74) is 4.48. The molecule has 0 atom stereocenters. The fourth-order valence-electron chi connectivity index (χ4n) is 1.96. The van der Waals surface area contributed by atoms with Crippen molar-refractivity contribution in [3.8, 4) is 0 Å². The normalized spacial score (nSPS) is 16.5. The molecule has 1 saturated heterocycles. The Balaban J connectivity index is 1.67. The Morgan fingerprint density at radius 3 is 2.95 bits per heavy atom. The number of hydrogen-bond acceptors (Lipinski definition) is 5. The number of hydrazone groups is 1. The fraction of sp³-hybridized carbons (Fsp3) is 0.500. The van der Waals surface area contributed by atoms with Crippen LogP contribution in [0.4, 0.5) is 0 Å². The number of morpholine rings is 1. The van der Waals surface area contributed by atoms with E-state index in [1.165, 1.54) is 0 Å². The Hall–Kier alpha value is -1.57. The molecule has 1 aromatic heterocycles. The monoisotopic (exact) mass is 307 g/mol. The summed E-state index contributed by atoms with van der Waals surface area (Å²) in [6, 6.07) is 5.72. The number of nitrogens with zero attached hydrogens (tertiary/aromatic N) is 3. The number of nitrogens with one attached hydrogen (secondary N) is 2. The Kier molecular flexibility index (Phi) is 6.52. The van der Waals surface area contributed by atoms with Crippen molar-refractivity contribution in [2.75, 3.05) is 39.4 Å². The van der Waals surface area contributed by atoms with Crippen molar-refractivity contribution in [1.29, 1.82) is 0 Å². The minimum absolute atomic E-state index is 0.526. The number of ether oxygens (including phenoxy) is 1. The summed E-state index contributed by atoms with van der Waals surface area (Å²) >= 11 is 5.20. The minimum atomic E-state index is 0.526. The van der Waals surface area contributed by atoms with Crippen LogP contribution in [0.15, 0.2) is 29.5 Å². The highest BCUT2D eigenvalue weighted by Gasteiger charge is 2.09. The van der Waals surface area contributed by atoms with E-state index in [-0.39, 0.29) is 0 Å². The lowest BCUT2D eigenvalue weighted by Crippen LogP contribution is -2.42. The average molecular weight is 307 g/mol. The summed E-state index contributed by atoms with van der Waals surface area (Å²) < 4.78 is 5.31. The van der Waals surface area contributed by atoms with Crippen molar-refractivity contribution in [3.05, 3.63) is 30.1 Å². The molecule has 6 nitrogen and oxygen atoms in total. The Labute approximate surface area is 130 Å². The van der Waals surface area contributed by atoms with Crippen LogP contribution in [0.5, 0.6) is 0 Å². The molecule has 2 rings (SSSR count). The van der Waals surface area contributed by atoms with Gasteiger partial charge in [-0.1, -0.05) is 6.07 Å². The van der Waals surface area contributed by atoms with Gasteiger partial charge in [-0.2, -0.15) is 5.10 Å². The second kappa shape index (κ2) is 8.66. The molecule has 0 spiro atoms. The van der Waals surface area contributed by atoms with Crippen LogP contribution in [0.25, 0.3) is 0 Å². The maximum Gasteiger partial charge on any atom is 0.187 e. The van der Waals surface area contributed by atoms with Gasteiger partial charge >= 0.3 is 0 Å². The maximum absolute atomic E-state index is 5.31. The molecule has 0 saturated carbocycles. The van der Waals surface area contributed by atoms with Crippen LogP contribution < -0.4 is 10.7 Å². The third kappa shape index (κ3) is 5.74. The lowest BCUT2D eigenvalue weighted by molar-refractivity contribution is 0.0389. The molecule has 2 heterocycles. The van der Waals surface area contributed by atoms with Gasteiger partial charge in [0.25, 0.3) is 0 Å². The van der Waals surface area contributed by atoms with Crippen molar-refractivity contribution in [2.24, 2.45) is 5.10 Å². The lowest BCUT2D eigenvalue weighted by Gasteiger charge is -2.26. The van der Waals surface area contributed by atoms with Gasteiger partial charge in [0, 0.05) is 32.4 Å². The Bertz CT molecular complexity index is 474. The minimum Gasteiger partial charge on any atom is -0.379 e. The first-order chi connectivity index (χ1) is 10.3. The zero-order valence-electron chi connectivity index (χ0n) is 12.2. The predicted molar refractivity (Wildman–Crippen MR) is 87.4 cm³/mol. The second-order valence-corrected chi connectivity index (χ2v) is 5.14. The molecular formula is C14H21N5OS. The van der Waals surface area contributed by atoms with Gasteiger partial charge < -0.3 is 10.1 Å². The SMILES string of the molecule is C/C(=N\NC(=S)NCCN1CCOCC1)c1ccccn1. The van der Waals surface area contributed by atoms with Gasteiger partial charge in [-0.15, -0.1) is 0 Å². The van der Waals surface area contributed by atoms with E-state index in [0.717, 1.165) is 50.8 Å². The zero-order valence-corrected chi connectivity index (χ0v) is 13.0. The third-order valence-corrected chi connectivity index (χ3v) is 3.41. The average Bonchev–Trinajstić information content (AvgIpc) is 2.54. The summed E-state index contributed by atoms with van der Waals surface area (Å²) in [7, 11) is 0. The quantitative estimate of drug-likeness (QED) is 0.472. The first-order valence-corrected chi connectivity index (χ1v) is 7.46. The maximum atomic E-state index is 5.31. The van der Waals surface area contributed by atoms with Crippen LogP contribution in [0, 0.1) is 0 Å². The van der Waals surface area contributed by atoms with Crippen molar-refractivity contribution < 1.29 is 4.74 Å². The Morgan fingerprint density at radius 2 is 2.24 bits per heavy atom. The van der Waals surface area contributed by atoms with E-state index in [4.69, 9.17) is 17.0 Å². The number of pyridine rings is 1. The smallest absolute Gasteiger partial charge is 0.187 e. The van der Waals surface area contributed by atoms with Crippen LogP contribution in [0.3, 0.4) is 0 Å². The Morgan fingerprint density at radius 1 is 1.43 bits per heavy atom. The molecule has 0 unspecified atom stereocenters. The van der Waals surface area contributed by atoms with Crippen molar-refractivity contribution >= 4 is 23.0 Å². The van der Waals surface area contributed by atoms with E-state index in [1.54, 1.807) is 6.20 Å². The summed E-state index contributed by atoms with van der Waals surface area (Å²) in [5.74, 6) is 0. The number of hydrogen-bond donors (Lipinski definition) is 2. The van der Waals surface area contributed by atoms with Crippen LogP contribution in [-0.4, -0.2) is 60.1 Å². The molecule has 1 aromatic rings. The number of thiocarbonyl (C=S) groups is 1. The topological polar surface area (TPSA) is 61.8 Å². The molecule has 0 bridgehead atoms. The van der Waals surface area contributed by atoms with Crippen LogP contribution in [0.1, 0.15) is 12.6 Å². The molecule has 0 radical (unpaired) electrons. The van der Waals surface area contributed by atoms with E-state index < -0.39 is 0 Å².